The second kappa shape index (κ2) is 7.86. The van der Waals surface area contributed by atoms with E-state index in [-0.39, 0.29) is 12.1 Å². The van der Waals surface area contributed by atoms with Gasteiger partial charge in [-0.15, -0.1) is 0 Å². The Labute approximate surface area is 153 Å². The van der Waals surface area contributed by atoms with E-state index in [9.17, 15) is 17.6 Å². The van der Waals surface area contributed by atoms with E-state index >= 15 is 0 Å². The van der Waals surface area contributed by atoms with Gasteiger partial charge in [0.15, 0.2) is 0 Å². The third-order valence-electron chi connectivity index (χ3n) is 4.19. The van der Waals surface area contributed by atoms with Crippen molar-refractivity contribution in [1.82, 2.24) is 0 Å². The molecule has 0 spiro atoms. The largest absolute Gasteiger partial charge is 0.324 e. The summed E-state index contributed by atoms with van der Waals surface area (Å²) in [5.74, 6) is -0.916. The van der Waals surface area contributed by atoms with Crippen molar-refractivity contribution >= 4 is 27.3 Å². The molecule has 0 fully saturated rings. The van der Waals surface area contributed by atoms with Gasteiger partial charge in [-0.3, -0.25) is 9.10 Å². The smallest absolute Gasteiger partial charge is 0.248 e. The highest BCUT2D eigenvalue weighted by Gasteiger charge is 2.31. The standard InChI is InChI=1S/C19H23FN2O3S/c1-5-18(19(23)21-16-9-6-13(2)14(3)12-16)22(26(4,24)25)17-10-7-15(20)8-11-17/h6-12,18H,5H2,1-4H3,(H,21,23). The van der Waals surface area contributed by atoms with Crippen LogP contribution in [0, 0.1) is 19.7 Å². The SMILES string of the molecule is CCC(C(=O)Nc1ccc(C)c(C)c1)N(c1ccc(F)cc1)S(C)(=O)=O. The molecule has 0 saturated carbocycles. The van der Waals surface area contributed by atoms with Crippen LogP contribution in [-0.4, -0.2) is 26.6 Å². The molecule has 5 nitrogen and oxygen atoms in total. The zero-order chi connectivity index (χ0) is 19.5. The van der Waals surface area contributed by atoms with Crippen LogP contribution in [0.5, 0.6) is 0 Å². The Bertz CT molecular complexity index is 896. The highest BCUT2D eigenvalue weighted by molar-refractivity contribution is 7.92. The minimum atomic E-state index is -3.74. The molecule has 0 saturated heterocycles. The Kier molecular flexibility index (Phi) is 6.02. The van der Waals surface area contributed by atoms with Gasteiger partial charge in [-0.2, -0.15) is 0 Å². The molecule has 0 heterocycles. The van der Waals surface area contributed by atoms with E-state index in [1.54, 1.807) is 13.0 Å². The lowest BCUT2D eigenvalue weighted by atomic mass is 10.1. The summed E-state index contributed by atoms with van der Waals surface area (Å²) in [4.78, 5) is 12.8. The Balaban J connectivity index is 2.36. The van der Waals surface area contributed by atoms with Crippen LogP contribution in [0.4, 0.5) is 15.8 Å². The minimum absolute atomic E-state index is 0.246. The molecular formula is C19H23FN2O3S. The van der Waals surface area contributed by atoms with Gasteiger partial charge in [0, 0.05) is 5.69 Å². The normalized spacial score (nSPS) is 12.5. The molecule has 1 unspecified atom stereocenters. The van der Waals surface area contributed by atoms with Gasteiger partial charge in [-0.25, -0.2) is 12.8 Å². The van der Waals surface area contributed by atoms with Crippen molar-refractivity contribution in [2.24, 2.45) is 0 Å². The number of hydrogen-bond acceptors (Lipinski definition) is 3. The third-order valence-corrected chi connectivity index (χ3v) is 5.37. The van der Waals surface area contributed by atoms with Crippen molar-refractivity contribution in [2.75, 3.05) is 15.9 Å². The van der Waals surface area contributed by atoms with E-state index in [1.807, 2.05) is 26.0 Å². The summed E-state index contributed by atoms with van der Waals surface area (Å²) < 4.78 is 38.9. The van der Waals surface area contributed by atoms with Gasteiger partial charge in [0.2, 0.25) is 15.9 Å². The Morgan fingerprint density at radius 2 is 1.73 bits per heavy atom. The van der Waals surface area contributed by atoms with E-state index in [4.69, 9.17) is 0 Å². The van der Waals surface area contributed by atoms with Crippen molar-refractivity contribution in [2.45, 2.75) is 33.2 Å². The summed E-state index contributed by atoms with van der Waals surface area (Å²) in [6, 6.07) is 9.59. The summed E-state index contributed by atoms with van der Waals surface area (Å²) in [6.45, 7) is 5.63. The molecule has 1 atom stereocenters. The van der Waals surface area contributed by atoms with Crippen LogP contribution in [0.2, 0.25) is 0 Å². The molecule has 0 radical (unpaired) electrons. The van der Waals surface area contributed by atoms with Crippen molar-refractivity contribution in [1.29, 1.82) is 0 Å². The number of aryl methyl sites for hydroxylation is 2. The molecule has 0 aromatic heterocycles. The molecule has 0 aliphatic heterocycles. The molecule has 1 N–H and O–H groups in total. The molecule has 140 valence electrons. The van der Waals surface area contributed by atoms with Crippen LogP contribution in [0.3, 0.4) is 0 Å². The predicted octanol–water partition coefficient (Wildman–Crippen LogP) is 3.63. The number of nitrogens with zero attached hydrogens (tertiary/aromatic N) is 1. The van der Waals surface area contributed by atoms with Crippen LogP contribution in [0.25, 0.3) is 0 Å². The van der Waals surface area contributed by atoms with Gasteiger partial charge >= 0.3 is 0 Å². The lowest BCUT2D eigenvalue weighted by Crippen LogP contribution is -2.47. The van der Waals surface area contributed by atoms with Gasteiger partial charge in [0.05, 0.1) is 11.9 Å². The molecule has 26 heavy (non-hydrogen) atoms. The maximum Gasteiger partial charge on any atom is 0.248 e. The van der Waals surface area contributed by atoms with Crippen LogP contribution in [0.1, 0.15) is 24.5 Å². The number of anilines is 2. The van der Waals surface area contributed by atoms with Crippen molar-refractivity contribution in [3.8, 4) is 0 Å². The number of benzene rings is 2. The number of carbonyl (C=O) groups excluding carboxylic acids is 1. The van der Waals surface area contributed by atoms with Gasteiger partial charge in [0.1, 0.15) is 11.9 Å². The Morgan fingerprint density at radius 3 is 2.23 bits per heavy atom. The summed E-state index contributed by atoms with van der Waals surface area (Å²) >= 11 is 0. The van der Waals surface area contributed by atoms with Gasteiger partial charge < -0.3 is 5.32 Å². The fourth-order valence-corrected chi connectivity index (χ4v) is 3.90. The summed E-state index contributed by atoms with van der Waals surface area (Å²) in [5.41, 5.74) is 2.97. The van der Waals surface area contributed by atoms with Crippen molar-refractivity contribution in [3.05, 3.63) is 59.4 Å². The van der Waals surface area contributed by atoms with E-state index < -0.39 is 27.8 Å². The highest BCUT2D eigenvalue weighted by atomic mass is 32.2. The number of hydrogen-bond donors (Lipinski definition) is 1. The van der Waals surface area contributed by atoms with E-state index in [1.165, 1.54) is 24.3 Å². The van der Waals surface area contributed by atoms with Crippen LogP contribution in [0.15, 0.2) is 42.5 Å². The first-order valence-electron chi connectivity index (χ1n) is 8.26. The molecule has 7 heteroatoms. The number of nitrogens with one attached hydrogen (secondary N) is 1. The fraction of sp³-hybridized carbons (Fsp3) is 0.316. The average molecular weight is 378 g/mol. The number of halogens is 1. The Morgan fingerprint density at radius 1 is 1.12 bits per heavy atom. The molecule has 0 aliphatic carbocycles. The first kappa shape index (κ1) is 19.9. The maximum absolute atomic E-state index is 13.2. The van der Waals surface area contributed by atoms with E-state index in [2.05, 4.69) is 5.32 Å². The number of sulfonamides is 1. The van der Waals surface area contributed by atoms with Crippen LogP contribution < -0.4 is 9.62 Å². The Hall–Kier alpha value is -2.41. The average Bonchev–Trinajstić information content (AvgIpc) is 2.56. The molecule has 2 aromatic rings. The van der Waals surface area contributed by atoms with E-state index in [0.717, 1.165) is 21.7 Å². The quantitative estimate of drug-likeness (QED) is 0.835. The molecule has 2 rings (SSSR count). The van der Waals surface area contributed by atoms with Gasteiger partial charge in [-0.05, 0) is 67.8 Å². The first-order chi connectivity index (χ1) is 12.1. The van der Waals surface area contributed by atoms with Crippen molar-refractivity contribution in [3.63, 3.8) is 0 Å². The topological polar surface area (TPSA) is 66.5 Å². The maximum atomic E-state index is 13.2. The molecular weight excluding hydrogens is 355 g/mol. The third kappa shape index (κ3) is 4.60. The zero-order valence-corrected chi connectivity index (χ0v) is 16.1. The van der Waals surface area contributed by atoms with Crippen LogP contribution >= 0.6 is 0 Å². The number of rotatable bonds is 6. The molecule has 0 aliphatic rings. The van der Waals surface area contributed by atoms with Crippen molar-refractivity contribution < 1.29 is 17.6 Å². The zero-order valence-electron chi connectivity index (χ0n) is 15.3. The molecule has 2 aromatic carbocycles. The summed E-state index contributed by atoms with van der Waals surface area (Å²) in [6.07, 6.45) is 1.30. The van der Waals surface area contributed by atoms with E-state index in [0.29, 0.717) is 5.69 Å². The minimum Gasteiger partial charge on any atom is -0.324 e. The monoisotopic (exact) mass is 378 g/mol. The predicted molar refractivity (Wildman–Crippen MR) is 102 cm³/mol. The van der Waals surface area contributed by atoms with Gasteiger partial charge in [0.25, 0.3) is 0 Å². The fourth-order valence-electron chi connectivity index (χ4n) is 2.69. The number of amides is 1. The summed E-state index contributed by atoms with van der Waals surface area (Å²) in [5, 5.41) is 2.78. The summed E-state index contributed by atoms with van der Waals surface area (Å²) in [7, 11) is -3.74. The second-order valence-corrected chi connectivity index (χ2v) is 8.11. The molecule has 0 bridgehead atoms. The molecule has 1 amide bonds. The number of carbonyl (C=O) groups is 1. The second-order valence-electron chi connectivity index (χ2n) is 6.25. The lowest BCUT2D eigenvalue weighted by molar-refractivity contribution is -0.117. The van der Waals surface area contributed by atoms with Crippen LogP contribution in [-0.2, 0) is 14.8 Å². The highest BCUT2D eigenvalue weighted by Crippen LogP contribution is 2.24. The lowest BCUT2D eigenvalue weighted by Gasteiger charge is -2.30. The van der Waals surface area contributed by atoms with Gasteiger partial charge in [-0.1, -0.05) is 13.0 Å². The first-order valence-corrected chi connectivity index (χ1v) is 10.1.